The summed E-state index contributed by atoms with van der Waals surface area (Å²) >= 11 is 0. The molecule has 210 valence electrons. The number of hydroxylamine groups is 1. The van der Waals surface area contributed by atoms with Crippen LogP contribution in [0.3, 0.4) is 0 Å². The Bertz CT molecular complexity index is 1940. The SMILES string of the molecule is CC[C@H](Nc1ncnc2[nH]cnc12)c1nc2cccc(CNc3ccc(C(=O)NO)cn3)c2c(=O)n1-c1ccccc1. The fraction of sp³-hybridized carbons (Fsp3) is 0.138. The van der Waals surface area contributed by atoms with Crippen molar-refractivity contribution in [2.75, 3.05) is 10.6 Å². The van der Waals surface area contributed by atoms with Crippen molar-refractivity contribution < 1.29 is 10.0 Å². The number of amides is 1. The molecule has 0 unspecified atom stereocenters. The van der Waals surface area contributed by atoms with Gasteiger partial charge < -0.3 is 15.6 Å². The Morgan fingerprint density at radius 2 is 1.88 bits per heavy atom. The summed E-state index contributed by atoms with van der Waals surface area (Å²) in [7, 11) is 0. The second-order valence-corrected chi connectivity index (χ2v) is 9.41. The number of H-pyrrole nitrogens is 1. The van der Waals surface area contributed by atoms with Gasteiger partial charge in [0.2, 0.25) is 0 Å². The van der Waals surface area contributed by atoms with Gasteiger partial charge in [-0.1, -0.05) is 37.3 Å². The molecule has 0 bridgehead atoms. The number of fused-ring (bicyclic) bond motifs is 2. The zero-order valence-electron chi connectivity index (χ0n) is 22.4. The quantitative estimate of drug-likeness (QED) is 0.129. The fourth-order valence-corrected chi connectivity index (χ4v) is 4.79. The number of nitrogens with zero attached hydrogens (tertiary/aromatic N) is 6. The predicted molar refractivity (Wildman–Crippen MR) is 156 cm³/mol. The first-order chi connectivity index (χ1) is 20.6. The van der Waals surface area contributed by atoms with Crippen LogP contribution in [0.5, 0.6) is 0 Å². The number of anilines is 2. The van der Waals surface area contributed by atoms with E-state index in [1.165, 1.54) is 18.6 Å². The number of rotatable bonds is 9. The number of aromatic nitrogens is 7. The monoisotopic (exact) mass is 562 g/mol. The Labute approximate surface area is 238 Å². The molecule has 0 spiro atoms. The van der Waals surface area contributed by atoms with E-state index in [0.29, 0.717) is 51.6 Å². The molecule has 0 saturated heterocycles. The molecule has 0 radical (unpaired) electrons. The molecule has 0 saturated carbocycles. The van der Waals surface area contributed by atoms with Crippen LogP contribution in [-0.4, -0.2) is 45.6 Å². The molecule has 4 aromatic heterocycles. The highest BCUT2D eigenvalue weighted by atomic mass is 16.5. The number of benzene rings is 2. The van der Waals surface area contributed by atoms with Gasteiger partial charge in [-0.3, -0.25) is 19.4 Å². The molecule has 0 aliphatic rings. The maximum absolute atomic E-state index is 14.3. The Kier molecular flexibility index (Phi) is 7.22. The summed E-state index contributed by atoms with van der Waals surface area (Å²) in [5.74, 6) is 0.919. The van der Waals surface area contributed by atoms with Gasteiger partial charge >= 0.3 is 0 Å². The summed E-state index contributed by atoms with van der Waals surface area (Å²) in [5.41, 5.74) is 4.75. The number of carbonyl (C=O) groups is 1. The van der Waals surface area contributed by atoms with Crippen LogP contribution in [0.25, 0.3) is 27.8 Å². The molecule has 2 aromatic carbocycles. The van der Waals surface area contributed by atoms with Gasteiger partial charge in [0.15, 0.2) is 11.5 Å². The highest BCUT2D eigenvalue weighted by Crippen LogP contribution is 2.27. The largest absolute Gasteiger partial charge is 0.366 e. The van der Waals surface area contributed by atoms with Crippen LogP contribution in [0.15, 0.2) is 84.3 Å². The van der Waals surface area contributed by atoms with E-state index in [-0.39, 0.29) is 23.7 Å². The van der Waals surface area contributed by atoms with E-state index < -0.39 is 5.91 Å². The lowest BCUT2D eigenvalue weighted by atomic mass is 10.1. The van der Waals surface area contributed by atoms with Gasteiger partial charge in [-0.05, 0) is 42.3 Å². The third kappa shape index (κ3) is 4.99. The molecular weight excluding hydrogens is 536 g/mol. The highest BCUT2D eigenvalue weighted by molar-refractivity contribution is 5.93. The topological polar surface area (TPSA) is 176 Å². The number of pyridine rings is 1. The smallest absolute Gasteiger partial charge is 0.276 e. The second-order valence-electron chi connectivity index (χ2n) is 9.41. The molecule has 5 N–H and O–H groups in total. The Morgan fingerprint density at radius 3 is 2.64 bits per heavy atom. The number of nitrogens with one attached hydrogen (secondary N) is 4. The van der Waals surface area contributed by atoms with Crippen molar-refractivity contribution in [1.29, 1.82) is 0 Å². The third-order valence-electron chi connectivity index (χ3n) is 6.86. The summed E-state index contributed by atoms with van der Waals surface area (Å²) in [6.07, 6.45) is 4.97. The first-order valence-corrected chi connectivity index (χ1v) is 13.2. The summed E-state index contributed by atoms with van der Waals surface area (Å²) in [5, 5.41) is 15.9. The molecule has 13 heteroatoms. The molecule has 1 amide bonds. The molecule has 6 aromatic rings. The van der Waals surface area contributed by atoms with E-state index in [1.54, 1.807) is 22.4 Å². The average molecular weight is 563 g/mol. The third-order valence-corrected chi connectivity index (χ3v) is 6.86. The number of imidazole rings is 1. The van der Waals surface area contributed by atoms with Crippen LogP contribution in [0.4, 0.5) is 11.6 Å². The molecular formula is C29H26N10O3. The summed E-state index contributed by atoms with van der Waals surface area (Å²) in [6.45, 7) is 2.30. The Hall–Kier alpha value is -5.69. The Morgan fingerprint density at radius 1 is 1.02 bits per heavy atom. The highest BCUT2D eigenvalue weighted by Gasteiger charge is 2.23. The number of para-hydroxylation sites is 1. The van der Waals surface area contributed by atoms with Crippen LogP contribution in [0.1, 0.15) is 41.1 Å². The molecule has 0 aliphatic heterocycles. The second kappa shape index (κ2) is 11.4. The number of hydrogen-bond donors (Lipinski definition) is 5. The zero-order chi connectivity index (χ0) is 29.1. The standard InChI is InChI=1S/C29H26N10O3/c1-2-20(36-26-24-25(33-15-32-24)34-16-35-26)27-37-21-10-6-7-17(13-30-22-12-11-18(14-31-22)28(40)38-42)23(21)29(41)39(27)19-8-4-3-5-9-19/h3-12,14-16,20,42H,2,13H2,1H3,(H,30,31)(H,38,40)(H2,32,33,34,35,36)/t20-/m0/s1. The minimum atomic E-state index is -0.653. The number of aromatic amines is 1. The normalized spacial score (nSPS) is 11.9. The van der Waals surface area contributed by atoms with Gasteiger partial charge in [-0.2, -0.15) is 0 Å². The lowest BCUT2D eigenvalue weighted by Gasteiger charge is -2.22. The molecule has 13 nitrogen and oxygen atoms in total. The van der Waals surface area contributed by atoms with Crippen molar-refractivity contribution in [3.05, 3.63) is 107 Å². The van der Waals surface area contributed by atoms with Crippen molar-refractivity contribution >= 4 is 39.6 Å². The average Bonchev–Trinajstić information content (AvgIpc) is 3.52. The first kappa shape index (κ1) is 26.5. The van der Waals surface area contributed by atoms with E-state index in [9.17, 15) is 9.59 Å². The van der Waals surface area contributed by atoms with Crippen molar-refractivity contribution in [1.82, 2.24) is 40.0 Å². The van der Waals surface area contributed by atoms with Crippen molar-refractivity contribution in [2.24, 2.45) is 0 Å². The minimum absolute atomic E-state index is 0.213. The van der Waals surface area contributed by atoms with E-state index in [4.69, 9.17) is 10.2 Å². The lowest BCUT2D eigenvalue weighted by molar-refractivity contribution is 0.0706. The maximum Gasteiger partial charge on any atom is 0.276 e. The number of hydrogen-bond acceptors (Lipinski definition) is 10. The molecule has 4 heterocycles. The Balaban J connectivity index is 1.42. The van der Waals surface area contributed by atoms with Gasteiger partial charge in [-0.15, -0.1) is 0 Å². The minimum Gasteiger partial charge on any atom is -0.366 e. The van der Waals surface area contributed by atoms with E-state index in [0.717, 1.165) is 5.56 Å². The van der Waals surface area contributed by atoms with E-state index in [2.05, 4.69) is 35.6 Å². The van der Waals surface area contributed by atoms with Crippen molar-refractivity contribution in [3.63, 3.8) is 0 Å². The van der Waals surface area contributed by atoms with Crippen molar-refractivity contribution in [3.8, 4) is 5.69 Å². The van der Waals surface area contributed by atoms with Crippen molar-refractivity contribution in [2.45, 2.75) is 25.9 Å². The van der Waals surface area contributed by atoms with E-state index in [1.807, 2.05) is 55.5 Å². The summed E-state index contributed by atoms with van der Waals surface area (Å²) in [4.78, 5) is 51.1. The molecule has 42 heavy (non-hydrogen) atoms. The van der Waals surface area contributed by atoms with Crippen LogP contribution < -0.4 is 21.7 Å². The van der Waals surface area contributed by atoms with Crippen LogP contribution >= 0.6 is 0 Å². The van der Waals surface area contributed by atoms with Crippen LogP contribution in [-0.2, 0) is 6.54 Å². The van der Waals surface area contributed by atoms with Gasteiger partial charge in [0.1, 0.15) is 23.5 Å². The fourth-order valence-electron chi connectivity index (χ4n) is 4.79. The summed E-state index contributed by atoms with van der Waals surface area (Å²) < 4.78 is 1.64. The van der Waals surface area contributed by atoms with E-state index >= 15 is 0 Å². The maximum atomic E-state index is 14.3. The van der Waals surface area contributed by atoms with Gasteiger partial charge in [-0.25, -0.2) is 30.4 Å². The molecule has 0 aliphatic carbocycles. The summed E-state index contributed by atoms with van der Waals surface area (Å²) in [6, 6.07) is 17.7. The van der Waals surface area contributed by atoms with Crippen LogP contribution in [0.2, 0.25) is 0 Å². The van der Waals surface area contributed by atoms with Crippen LogP contribution in [0, 0.1) is 0 Å². The number of carbonyl (C=O) groups excluding carboxylic acids is 1. The molecule has 0 fully saturated rings. The zero-order valence-corrected chi connectivity index (χ0v) is 22.4. The van der Waals surface area contributed by atoms with Gasteiger partial charge in [0, 0.05) is 12.7 Å². The first-order valence-electron chi connectivity index (χ1n) is 13.2. The molecule has 1 atom stereocenters. The van der Waals surface area contributed by atoms with Gasteiger partial charge in [0.05, 0.1) is 34.5 Å². The lowest BCUT2D eigenvalue weighted by Crippen LogP contribution is -2.29. The predicted octanol–water partition coefficient (Wildman–Crippen LogP) is 3.74. The van der Waals surface area contributed by atoms with Gasteiger partial charge in [0.25, 0.3) is 11.5 Å². The molecule has 6 rings (SSSR count).